The molecule has 1 aromatic carbocycles. The topological polar surface area (TPSA) is 96.5 Å². The molecule has 0 bridgehead atoms. The molecule has 0 atom stereocenters. The van der Waals surface area contributed by atoms with Gasteiger partial charge in [0.15, 0.2) is 0 Å². The van der Waals surface area contributed by atoms with E-state index in [0.29, 0.717) is 11.6 Å². The second kappa shape index (κ2) is 11.2. The normalized spacial score (nSPS) is 11.8. The fourth-order valence-electron chi connectivity index (χ4n) is 2.21. The maximum Gasteiger partial charge on any atom is 0.407 e. The summed E-state index contributed by atoms with van der Waals surface area (Å²) in [6.07, 6.45) is 1.16. The zero-order chi connectivity index (χ0) is 22.0. The van der Waals surface area contributed by atoms with Gasteiger partial charge in [-0.3, -0.25) is 9.59 Å². The number of ether oxygens (including phenoxy) is 1. The molecule has 0 aromatic heterocycles. The molecular formula is C22H33N3O4. The Balaban J connectivity index is 2.52. The van der Waals surface area contributed by atoms with Crippen LogP contribution in [0.3, 0.4) is 0 Å². The lowest BCUT2D eigenvalue weighted by atomic mass is 10.1. The maximum absolute atomic E-state index is 12.2. The summed E-state index contributed by atoms with van der Waals surface area (Å²) in [5.74, 6) is -0.112. The first kappa shape index (κ1) is 24.2. The van der Waals surface area contributed by atoms with Crippen molar-refractivity contribution in [3.8, 4) is 0 Å². The Labute approximate surface area is 173 Å². The van der Waals surface area contributed by atoms with Gasteiger partial charge in [-0.2, -0.15) is 0 Å². The van der Waals surface area contributed by atoms with Gasteiger partial charge in [0.05, 0.1) is 0 Å². The van der Waals surface area contributed by atoms with Gasteiger partial charge in [0, 0.05) is 31.3 Å². The predicted octanol–water partition coefficient (Wildman–Crippen LogP) is 3.76. The Morgan fingerprint density at radius 3 is 2.38 bits per heavy atom. The van der Waals surface area contributed by atoms with Crippen LogP contribution in [0.25, 0.3) is 0 Å². The third kappa shape index (κ3) is 10.3. The van der Waals surface area contributed by atoms with E-state index in [1.54, 1.807) is 32.9 Å². The molecular weight excluding hydrogens is 370 g/mol. The summed E-state index contributed by atoms with van der Waals surface area (Å²) >= 11 is 0. The number of carbonyl (C=O) groups excluding carboxylic acids is 3. The molecule has 29 heavy (non-hydrogen) atoms. The number of carbonyl (C=O) groups is 3. The Bertz CT molecular complexity index is 749. The second-order valence-electron chi connectivity index (χ2n) is 8.14. The summed E-state index contributed by atoms with van der Waals surface area (Å²) in [4.78, 5) is 35.8. The zero-order valence-electron chi connectivity index (χ0n) is 18.2. The molecule has 1 aromatic rings. The highest BCUT2D eigenvalue weighted by Gasteiger charge is 2.16. The van der Waals surface area contributed by atoms with Crippen molar-refractivity contribution < 1.29 is 19.1 Å². The first-order chi connectivity index (χ1) is 13.5. The summed E-state index contributed by atoms with van der Waals surface area (Å²) < 4.78 is 5.12. The van der Waals surface area contributed by atoms with Crippen LogP contribution in [0.5, 0.6) is 0 Å². The number of amides is 3. The van der Waals surface area contributed by atoms with Gasteiger partial charge < -0.3 is 20.7 Å². The lowest BCUT2D eigenvalue weighted by Gasteiger charge is -2.19. The van der Waals surface area contributed by atoms with E-state index >= 15 is 0 Å². The minimum Gasteiger partial charge on any atom is -0.444 e. The van der Waals surface area contributed by atoms with Crippen LogP contribution in [-0.2, 0) is 20.9 Å². The fourth-order valence-corrected chi connectivity index (χ4v) is 2.21. The van der Waals surface area contributed by atoms with E-state index in [4.69, 9.17) is 4.74 Å². The van der Waals surface area contributed by atoms with Gasteiger partial charge in [0.2, 0.25) is 11.8 Å². The molecule has 0 aliphatic carbocycles. The number of benzene rings is 1. The Morgan fingerprint density at radius 1 is 1.10 bits per heavy atom. The van der Waals surface area contributed by atoms with Crippen LogP contribution < -0.4 is 16.0 Å². The molecule has 0 aliphatic heterocycles. The van der Waals surface area contributed by atoms with Crippen molar-refractivity contribution in [2.45, 2.75) is 60.1 Å². The van der Waals surface area contributed by atoms with Crippen LogP contribution in [0.15, 0.2) is 35.9 Å². The molecule has 7 nitrogen and oxygen atoms in total. The lowest BCUT2D eigenvalue weighted by molar-refractivity contribution is -0.121. The van der Waals surface area contributed by atoms with Crippen molar-refractivity contribution in [2.75, 3.05) is 11.9 Å². The number of para-hydroxylation sites is 1. The predicted molar refractivity (Wildman–Crippen MR) is 114 cm³/mol. The van der Waals surface area contributed by atoms with Crippen LogP contribution in [0.4, 0.5) is 10.5 Å². The molecule has 3 amide bonds. The number of hydrogen-bond donors (Lipinski definition) is 3. The van der Waals surface area contributed by atoms with Crippen molar-refractivity contribution in [1.29, 1.82) is 0 Å². The van der Waals surface area contributed by atoms with Crippen LogP contribution in [-0.4, -0.2) is 30.1 Å². The average molecular weight is 404 g/mol. The molecule has 0 saturated heterocycles. The van der Waals surface area contributed by atoms with E-state index in [0.717, 1.165) is 11.1 Å². The SMILES string of the molecule is C/C(=C\C(=O)Nc1ccccc1CNC(=O)CCNC(=O)OC(C)(C)C)C(C)C. The van der Waals surface area contributed by atoms with Gasteiger partial charge >= 0.3 is 6.09 Å². The van der Waals surface area contributed by atoms with Crippen LogP contribution >= 0.6 is 0 Å². The third-order valence-electron chi connectivity index (χ3n) is 4.04. The average Bonchev–Trinajstić information content (AvgIpc) is 2.59. The number of allylic oxidation sites excluding steroid dienone is 1. The molecule has 0 fully saturated rings. The van der Waals surface area contributed by atoms with Gasteiger partial charge in [-0.05, 0) is 45.2 Å². The second-order valence-corrected chi connectivity index (χ2v) is 8.14. The van der Waals surface area contributed by atoms with E-state index < -0.39 is 11.7 Å². The molecule has 0 spiro atoms. The largest absolute Gasteiger partial charge is 0.444 e. The molecule has 1 rings (SSSR count). The summed E-state index contributed by atoms with van der Waals surface area (Å²) in [6, 6.07) is 7.30. The highest BCUT2D eigenvalue weighted by atomic mass is 16.6. The molecule has 7 heteroatoms. The van der Waals surface area contributed by atoms with Gasteiger partial charge in [0.25, 0.3) is 0 Å². The van der Waals surface area contributed by atoms with Crippen LogP contribution in [0.2, 0.25) is 0 Å². The first-order valence-corrected chi connectivity index (χ1v) is 9.78. The molecule has 0 unspecified atom stereocenters. The number of nitrogens with one attached hydrogen (secondary N) is 3. The molecule has 160 valence electrons. The first-order valence-electron chi connectivity index (χ1n) is 9.78. The quantitative estimate of drug-likeness (QED) is 0.576. The molecule has 0 saturated carbocycles. The molecule has 3 N–H and O–H groups in total. The zero-order valence-corrected chi connectivity index (χ0v) is 18.2. The van der Waals surface area contributed by atoms with Crippen LogP contribution in [0.1, 0.15) is 53.5 Å². The van der Waals surface area contributed by atoms with E-state index in [2.05, 4.69) is 16.0 Å². The van der Waals surface area contributed by atoms with Gasteiger partial charge in [-0.1, -0.05) is 37.6 Å². The summed E-state index contributed by atoms with van der Waals surface area (Å²) in [5.41, 5.74) is 1.86. The van der Waals surface area contributed by atoms with Crippen molar-refractivity contribution in [1.82, 2.24) is 10.6 Å². The maximum atomic E-state index is 12.2. The standard InChI is InChI=1S/C22H33N3O4/c1-15(2)16(3)13-20(27)25-18-10-8-7-9-17(18)14-24-19(26)11-12-23-21(28)29-22(4,5)6/h7-10,13,15H,11-12,14H2,1-6H3,(H,23,28)(H,24,26)(H,25,27)/b16-13+. The number of anilines is 1. The fraction of sp³-hybridized carbons (Fsp3) is 0.500. The Hall–Kier alpha value is -2.83. The summed E-state index contributed by atoms with van der Waals surface area (Å²) in [5, 5.41) is 8.20. The highest BCUT2D eigenvalue weighted by molar-refractivity contribution is 6.00. The Kier molecular flexibility index (Phi) is 9.38. The lowest BCUT2D eigenvalue weighted by Crippen LogP contribution is -2.35. The van der Waals surface area contributed by atoms with Gasteiger partial charge in [-0.25, -0.2) is 4.79 Å². The van der Waals surface area contributed by atoms with Crippen molar-refractivity contribution in [2.24, 2.45) is 5.92 Å². The van der Waals surface area contributed by atoms with E-state index in [-0.39, 0.29) is 31.3 Å². The van der Waals surface area contributed by atoms with Crippen molar-refractivity contribution in [3.63, 3.8) is 0 Å². The minimum atomic E-state index is -0.580. The van der Waals surface area contributed by atoms with Gasteiger partial charge in [0.1, 0.15) is 5.60 Å². The molecule has 0 radical (unpaired) electrons. The summed E-state index contributed by atoms with van der Waals surface area (Å²) in [6.45, 7) is 11.7. The number of alkyl carbamates (subject to hydrolysis) is 1. The van der Waals surface area contributed by atoms with Crippen molar-refractivity contribution in [3.05, 3.63) is 41.5 Å². The Morgan fingerprint density at radius 2 is 1.76 bits per heavy atom. The molecule has 0 aliphatic rings. The van der Waals surface area contributed by atoms with E-state index in [1.807, 2.05) is 39.0 Å². The third-order valence-corrected chi connectivity index (χ3v) is 4.04. The number of hydrogen-bond acceptors (Lipinski definition) is 4. The van der Waals surface area contributed by atoms with Crippen molar-refractivity contribution >= 4 is 23.6 Å². The highest BCUT2D eigenvalue weighted by Crippen LogP contribution is 2.16. The van der Waals surface area contributed by atoms with E-state index in [1.165, 1.54) is 0 Å². The number of rotatable bonds is 8. The van der Waals surface area contributed by atoms with E-state index in [9.17, 15) is 14.4 Å². The smallest absolute Gasteiger partial charge is 0.407 e. The monoisotopic (exact) mass is 403 g/mol. The van der Waals surface area contributed by atoms with Crippen LogP contribution in [0, 0.1) is 5.92 Å². The molecule has 0 heterocycles. The van der Waals surface area contributed by atoms with Gasteiger partial charge in [-0.15, -0.1) is 0 Å². The summed E-state index contributed by atoms with van der Waals surface area (Å²) in [7, 11) is 0. The minimum absolute atomic E-state index is 0.129.